The summed E-state index contributed by atoms with van der Waals surface area (Å²) in [6, 6.07) is 13.5. The van der Waals surface area contributed by atoms with E-state index in [1.54, 1.807) is 23.1 Å². The molecule has 5 rings (SSSR count). The van der Waals surface area contributed by atoms with Gasteiger partial charge in [0, 0.05) is 35.0 Å². The van der Waals surface area contributed by atoms with Crippen LogP contribution in [0.1, 0.15) is 72.3 Å². The van der Waals surface area contributed by atoms with Gasteiger partial charge in [-0.2, -0.15) is 0 Å². The quantitative estimate of drug-likeness (QED) is 0.548. The first-order valence-corrected chi connectivity index (χ1v) is 12.3. The summed E-state index contributed by atoms with van der Waals surface area (Å²) in [5, 5.41) is 3.25. The number of benzene rings is 2. The number of hydrogen-bond acceptors (Lipinski definition) is 6. The maximum Gasteiger partial charge on any atom is 0.261 e. The van der Waals surface area contributed by atoms with Gasteiger partial charge < -0.3 is 4.90 Å². The molecule has 0 fully saturated rings. The molecule has 3 aromatic rings. The molecule has 1 aromatic heterocycles. The molecule has 0 radical (unpaired) electrons. The molecule has 2 aliphatic heterocycles. The molecule has 1 N–H and O–H groups in total. The Balaban J connectivity index is 1.30. The summed E-state index contributed by atoms with van der Waals surface area (Å²) < 4.78 is 0. The van der Waals surface area contributed by atoms with E-state index in [0.717, 1.165) is 10.6 Å². The predicted octanol–water partition coefficient (Wildman–Crippen LogP) is 3.99. The fourth-order valence-electron chi connectivity index (χ4n) is 4.34. The zero-order chi connectivity index (χ0) is 24.7. The van der Waals surface area contributed by atoms with Crippen molar-refractivity contribution in [1.82, 2.24) is 14.8 Å². The number of amides is 4. The van der Waals surface area contributed by atoms with Gasteiger partial charge in [-0.05, 0) is 43.7 Å². The number of hydrogen-bond donors (Lipinski definition) is 1. The normalized spacial score (nSPS) is 15.6. The summed E-state index contributed by atoms with van der Waals surface area (Å²) in [5.41, 5.74) is 2.37. The number of rotatable bonds is 5. The summed E-state index contributed by atoms with van der Waals surface area (Å²) in [5.74, 6) is -1.13. The van der Waals surface area contributed by atoms with Gasteiger partial charge in [-0.1, -0.05) is 36.5 Å². The first-order chi connectivity index (χ1) is 16.9. The highest BCUT2D eigenvalue weighted by Gasteiger charge is 2.38. The fraction of sp³-hybridized carbons (Fsp3) is 0.269. The zero-order valence-electron chi connectivity index (χ0n) is 19.4. The van der Waals surface area contributed by atoms with E-state index in [2.05, 4.69) is 10.3 Å². The summed E-state index contributed by atoms with van der Waals surface area (Å²) in [6.07, 6.45) is 1.27. The van der Waals surface area contributed by atoms with Crippen LogP contribution in [0.25, 0.3) is 0 Å². The fourth-order valence-corrected chi connectivity index (χ4v) is 5.36. The van der Waals surface area contributed by atoms with Gasteiger partial charge in [-0.25, -0.2) is 4.98 Å². The molecule has 0 bridgehead atoms. The Morgan fingerprint density at radius 1 is 1.06 bits per heavy atom. The number of carbonyl (C=O) groups excluding carboxylic acids is 4. The first kappa shape index (κ1) is 22.9. The molecule has 0 saturated heterocycles. The van der Waals surface area contributed by atoms with E-state index in [9.17, 15) is 19.2 Å². The molecule has 0 saturated carbocycles. The minimum absolute atomic E-state index is 0.0287. The van der Waals surface area contributed by atoms with Crippen molar-refractivity contribution in [1.29, 1.82) is 0 Å². The van der Waals surface area contributed by atoms with Crippen molar-refractivity contribution in [2.75, 3.05) is 11.9 Å². The van der Waals surface area contributed by atoms with E-state index >= 15 is 0 Å². The number of fused-ring (bicyclic) bond motifs is 2. The number of carbonyl (C=O) groups is 4. The highest BCUT2D eigenvalue weighted by Crippen LogP contribution is 2.30. The van der Waals surface area contributed by atoms with Gasteiger partial charge in [0.1, 0.15) is 0 Å². The molecule has 1 atom stereocenters. The molecule has 0 spiro atoms. The predicted molar refractivity (Wildman–Crippen MR) is 132 cm³/mol. The Morgan fingerprint density at radius 2 is 1.80 bits per heavy atom. The van der Waals surface area contributed by atoms with Crippen molar-refractivity contribution in [3.05, 3.63) is 81.4 Å². The van der Waals surface area contributed by atoms with Crippen molar-refractivity contribution in [2.24, 2.45) is 0 Å². The SMILES string of the molecule is CCC(C)N1C(=O)c2ccc(C(=O)Nc3nc4c(s3)CN(C(=O)c3ccccc3)CC4)cc2C1=O. The van der Waals surface area contributed by atoms with Crippen LogP contribution in [0.15, 0.2) is 48.5 Å². The largest absolute Gasteiger partial charge is 0.333 e. The first-order valence-electron chi connectivity index (χ1n) is 11.5. The summed E-state index contributed by atoms with van der Waals surface area (Å²) >= 11 is 1.34. The van der Waals surface area contributed by atoms with E-state index in [1.807, 2.05) is 32.0 Å². The third-order valence-corrected chi connectivity index (χ3v) is 7.47. The molecule has 2 aromatic carbocycles. The molecule has 4 amide bonds. The van der Waals surface area contributed by atoms with Crippen LogP contribution in [0.4, 0.5) is 5.13 Å². The van der Waals surface area contributed by atoms with Crippen LogP contribution in [-0.4, -0.2) is 51.0 Å². The molecular formula is C26H24N4O4S. The van der Waals surface area contributed by atoms with Gasteiger partial charge >= 0.3 is 0 Å². The second-order valence-electron chi connectivity index (χ2n) is 8.68. The minimum Gasteiger partial charge on any atom is -0.333 e. The average molecular weight is 489 g/mol. The zero-order valence-corrected chi connectivity index (χ0v) is 20.2. The van der Waals surface area contributed by atoms with Crippen LogP contribution in [0.5, 0.6) is 0 Å². The van der Waals surface area contributed by atoms with Crippen LogP contribution in [0.2, 0.25) is 0 Å². The Hall–Kier alpha value is -3.85. The third kappa shape index (κ3) is 4.12. The molecule has 2 aliphatic rings. The molecule has 8 nitrogen and oxygen atoms in total. The summed E-state index contributed by atoms with van der Waals surface area (Å²) in [4.78, 5) is 59.7. The van der Waals surface area contributed by atoms with Crippen molar-refractivity contribution >= 4 is 40.1 Å². The Labute approximate surface area is 206 Å². The number of nitrogens with zero attached hydrogens (tertiary/aromatic N) is 3. The van der Waals surface area contributed by atoms with Crippen LogP contribution < -0.4 is 5.32 Å². The average Bonchev–Trinajstić information content (AvgIpc) is 3.40. The van der Waals surface area contributed by atoms with Gasteiger partial charge in [0.25, 0.3) is 23.6 Å². The van der Waals surface area contributed by atoms with Gasteiger partial charge in [-0.15, -0.1) is 0 Å². The lowest BCUT2D eigenvalue weighted by Crippen LogP contribution is -2.37. The van der Waals surface area contributed by atoms with Crippen molar-refractivity contribution in [2.45, 2.75) is 39.3 Å². The number of aromatic nitrogens is 1. The van der Waals surface area contributed by atoms with E-state index in [4.69, 9.17) is 0 Å². The van der Waals surface area contributed by atoms with Crippen LogP contribution in [0, 0.1) is 0 Å². The second kappa shape index (κ2) is 9.07. The topological polar surface area (TPSA) is 99.7 Å². The molecule has 1 unspecified atom stereocenters. The van der Waals surface area contributed by atoms with Gasteiger partial charge in [0.15, 0.2) is 5.13 Å². The molecule has 35 heavy (non-hydrogen) atoms. The number of imide groups is 1. The number of anilines is 1. The van der Waals surface area contributed by atoms with Crippen molar-refractivity contribution in [3.8, 4) is 0 Å². The Bertz CT molecular complexity index is 1350. The highest BCUT2D eigenvalue weighted by molar-refractivity contribution is 7.15. The highest BCUT2D eigenvalue weighted by atomic mass is 32.1. The Morgan fingerprint density at radius 3 is 2.54 bits per heavy atom. The molecule has 3 heterocycles. The number of thiazole rings is 1. The van der Waals surface area contributed by atoms with Gasteiger partial charge in [-0.3, -0.25) is 29.4 Å². The van der Waals surface area contributed by atoms with Crippen molar-refractivity contribution < 1.29 is 19.2 Å². The minimum atomic E-state index is -0.404. The summed E-state index contributed by atoms with van der Waals surface area (Å²) in [7, 11) is 0. The van der Waals surface area contributed by atoms with E-state index in [1.165, 1.54) is 28.4 Å². The van der Waals surface area contributed by atoms with E-state index in [0.29, 0.717) is 42.2 Å². The molecule has 0 aliphatic carbocycles. The van der Waals surface area contributed by atoms with Crippen LogP contribution in [0.3, 0.4) is 0 Å². The molecular weight excluding hydrogens is 464 g/mol. The monoisotopic (exact) mass is 488 g/mol. The maximum absolute atomic E-state index is 12.9. The summed E-state index contributed by atoms with van der Waals surface area (Å²) in [6.45, 7) is 4.74. The van der Waals surface area contributed by atoms with E-state index < -0.39 is 5.91 Å². The van der Waals surface area contributed by atoms with Gasteiger partial charge in [0.05, 0.1) is 23.4 Å². The lowest BCUT2D eigenvalue weighted by molar-refractivity contribution is 0.0592. The smallest absolute Gasteiger partial charge is 0.261 e. The lowest BCUT2D eigenvalue weighted by atomic mass is 10.1. The van der Waals surface area contributed by atoms with Gasteiger partial charge in [0.2, 0.25) is 0 Å². The standard InChI is InChI=1S/C26H24N4O4S/c1-3-15(2)30-24(33)18-10-9-17(13-19(18)25(30)34)22(31)28-26-27-20-11-12-29(14-21(20)35-26)23(32)16-7-5-4-6-8-16/h4-10,13,15H,3,11-12,14H2,1-2H3,(H,27,28,31). The molecule has 178 valence electrons. The third-order valence-electron chi connectivity index (χ3n) is 6.47. The lowest BCUT2D eigenvalue weighted by Gasteiger charge is -2.26. The second-order valence-corrected chi connectivity index (χ2v) is 9.77. The Kier molecular flexibility index (Phi) is 5.94. The van der Waals surface area contributed by atoms with E-state index in [-0.39, 0.29) is 34.9 Å². The van der Waals surface area contributed by atoms with Crippen LogP contribution in [-0.2, 0) is 13.0 Å². The number of nitrogens with one attached hydrogen (secondary N) is 1. The molecule has 9 heteroatoms. The maximum atomic E-state index is 12.9. The van der Waals surface area contributed by atoms with Crippen molar-refractivity contribution in [3.63, 3.8) is 0 Å². The van der Waals surface area contributed by atoms with Crippen LogP contribution >= 0.6 is 11.3 Å².